The first-order valence-electron chi connectivity index (χ1n) is 9.48. The van der Waals surface area contributed by atoms with Gasteiger partial charge >= 0.3 is 0 Å². The van der Waals surface area contributed by atoms with Crippen molar-refractivity contribution in [2.75, 3.05) is 17.4 Å². The molecule has 0 aliphatic carbocycles. The van der Waals surface area contributed by atoms with E-state index < -0.39 is 6.23 Å². The van der Waals surface area contributed by atoms with Gasteiger partial charge in [0, 0.05) is 18.1 Å². The zero-order chi connectivity index (χ0) is 20.7. The smallest absolute Gasteiger partial charge is 0.247 e. The summed E-state index contributed by atoms with van der Waals surface area (Å²) >= 11 is 1.47. The first kappa shape index (κ1) is 18.7. The number of rotatable bonds is 3. The molecule has 30 heavy (non-hydrogen) atoms. The fourth-order valence-corrected chi connectivity index (χ4v) is 4.03. The van der Waals surface area contributed by atoms with Gasteiger partial charge in [-0.1, -0.05) is 36.9 Å². The highest BCUT2D eigenvalue weighted by molar-refractivity contribution is 7.99. The number of carbonyl (C=O) groups excluding carboxylic acids is 1. The van der Waals surface area contributed by atoms with E-state index in [0.717, 1.165) is 16.9 Å². The number of anilines is 1. The predicted octanol–water partition coefficient (Wildman–Crippen LogP) is 3.82. The Morgan fingerprint density at radius 3 is 2.83 bits per heavy atom. The van der Waals surface area contributed by atoms with Gasteiger partial charge in [-0.3, -0.25) is 9.69 Å². The molecule has 0 saturated heterocycles. The van der Waals surface area contributed by atoms with Crippen LogP contribution in [0.4, 0.5) is 5.69 Å². The molecule has 2 aliphatic heterocycles. The van der Waals surface area contributed by atoms with Crippen LogP contribution in [0.15, 0.2) is 47.6 Å². The average Bonchev–Trinajstić information content (AvgIpc) is 3.16. The summed E-state index contributed by atoms with van der Waals surface area (Å²) in [7, 11) is 0. The fourth-order valence-electron chi connectivity index (χ4n) is 3.53. The highest BCUT2D eigenvalue weighted by Crippen LogP contribution is 2.44. The molecule has 3 aromatic rings. The van der Waals surface area contributed by atoms with E-state index in [-0.39, 0.29) is 12.7 Å². The number of thioether (sulfide) groups is 1. The van der Waals surface area contributed by atoms with Crippen molar-refractivity contribution in [3.05, 3.63) is 48.0 Å². The van der Waals surface area contributed by atoms with Crippen molar-refractivity contribution in [3.63, 3.8) is 0 Å². The Morgan fingerprint density at radius 2 is 2.00 bits per heavy atom. The number of aromatic nitrogens is 3. The van der Waals surface area contributed by atoms with Gasteiger partial charge in [-0.25, -0.2) is 0 Å². The van der Waals surface area contributed by atoms with E-state index in [0.29, 0.717) is 33.9 Å². The van der Waals surface area contributed by atoms with Crippen LogP contribution in [0.2, 0.25) is 0 Å². The predicted molar refractivity (Wildman–Crippen MR) is 111 cm³/mol. The van der Waals surface area contributed by atoms with Gasteiger partial charge in [0.15, 0.2) is 17.2 Å². The first-order valence-corrected chi connectivity index (χ1v) is 10.5. The molecule has 0 unspecified atom stereocenters. The quantitative estimate of drug-likeness (QED) is 0.589. The standard InChI is InChI=1S/C21H18N4O4S/c1-3-30-21-22-19-18(23-24-21)14-6-4-5-7-15(14)25(12(2)26)20(29-19)13-8-9-16-17(10-13)28-11-27-16/h4-10,20H,3,11H2,1-2H3/t20-/m0/s1. The third-order valence-corrected chi connectivity index (χ3v) is 5.53. The van der Waals surface area contributed by atoms with E-state index in [1.165, 1.54) is 18.7 Å². The van der Waals surface area contributed by atoms with Crippen LogP contribution in [0.25, 0.3) is 11.3 Å². The van der Waals surface area contributed by atoms with Crippen LogP contribution >= 0.6 is 11.8 Å². The van der Waals surface area contributed by atoms with Crippen molar-refractivity contribution in [2.24, 2.45) is 0 Å². The van der Waals surface area contributed by atoms with Crippen LogP contribution in [0.3, 0.4) is 0 Å². The van der Waals surface area contributed by atoms with E-state index in [1.807, 2.05) is 49.4 Å². The maximum Gasteiger partial charge on any atom is 0.247 e. The van der Waals surface area contributed by atoms with Crippen molar-refractivity contribution >= 4 is 23.4 Å². The summed E-state index contributed by atoms with van der Waals surface area (Å²) in [4.78, 5) is 19.0. The van der Waals surface area contributed by atoms with Crippen molar-refractivity contribution < 1.29 is 19.0 Å². The highest BCUT2D eigenvalue weighted by atomic mass is 32.2. The number of para-hydroxylation sites is 1. The lowest BCUT2D eigenvalue weighted by Crippen LogP contribution is -2.36. The van der Waals surface area contributed by atoms with Crippen LogP contribution in [0.5, 0.6) is 17.4 Å². The molecule has 2 aliphatic rings. The number of hydrogen-bond acceptors (Lipinski definition) is 8. The van der Waals surface area contributed by atoms with Gasteiger partial charge in [0.05, 0.1) is 5.69 Å². The van der Waals surface area contributed by atoms with Gasteiger partial charge in [0.25, 0.3) is 0 Å². The number of nitrogens with zero attached hydrogens (tertiary/aromatic N) is 4. The molecule has 1 aromatic heterocycles. The Balaban J connectivity index is 1.70. The Kier molecular flexibility index (Phi) is 4.66. The summed E-state index contributed by atoms with van der Waals surface area (Å²) < 4.78 is 17.3. The highest BCUT2D eigenvalue weighted by Gasteiger charge is 2.35. The minimum absolute atomic E-state index is 0.168. The second-order valence-electron chi connectivity index (χ2n) is 6.67. The molecular weight excluding hydrogens is 404 g/mol. The van der Waals surface area contributed by atoms with Crippen molar-refractivity contribution in [2.45, 2.75) is 25.2 Å². The monoisotopic (exact) mass is 422 g/mol. The lowest BCUT2D eigenvalue weighted by Gasteiger charge is -2.29. The Morgan fingerprint density at radius 1 is 1.17 bits per heavy atom. The van der Waals surface area contributed by atoms with E-state index in [1.54, 1.807) is 4.90 Å². The molecule has 3 heterocycles. The molecule has 0 spiro atoms. The van der Waals surface area contributed by atoms with Crippen LogP contribution in [-0.4, -0.2) is 33.6 Å². The van der Waals surface area contributed by atoms with E-state index in [4.69, 9.17) is 14.2 Å². The molecule has 8 nitrogen and oxygen atoms in total. The lowest BCUT2D eigenvalue weighted by atomic mass is 10.1. The summed E-state index contributed by atoms with van der Waals surface area (Å²) in [5.74, 6) is 2.24. The number of ether oxygens (including phenoxy) is 3. The maximum atomic E-state index is 12.8. The minimum Gasteiger partial charge on any atom is -0.454 e. The summed E-state index contributed by atoms with van der Waals surface area (Å²) in [6.07, 6.45) is -0.754. The molecule has 0 saturated carbocycles. The summed E-state index contributed by atoms with van der Waals surface area (Å²) in [5, 5.41) is 9.12. The second-order valence-corrected chi connectivity index (χ2v) is 7.90. The molecule has 152 valence electrons. The van der Waals surface area contributed by atoms with Gasteiger partial charge in [-0.05, 0) is 30.0 Å². The molecule has 0 N–H and O–H groups in total. The van der Waals surface area contributed by atoms with Crippen LogP contribution in [0, 0.1) is 0 Å². The molecule has 1 atom stereocenters. The third kappa shape index (κ3) is 3.11. The van der Waals surface area contributed by atoms with Crippen molar-refractivity contribution in [1.82, 2.24) is 15.2 Å². The SMILES string of the molecule is CCSc1nnc2c(n1)O[C@@H](c1ccc3c(c1)OCO3)N(C(C)=O)c1ccccc1-2. The largest absolute Gasteiger partial charge is 0.454 e. The number of fused-ring (bicyclic) bond motifs is 4. The number of amides is 1. The van der Waals surface area contributed by atoms with E-state index in [2.05, 4.69) is 15.2 Å². The minimum atomic E-state index is -0.754. The number of hydrogen-bond donors (Lipinski definition) is 0. The molecule has 0 fully saturated rings. The Hall–Kier alpha value is -3.33. The summed E-state index contributed by atoms with van der Waals surface area (Å²) in [6.45, 7) is 3.69. The lowest BCUT2D eigenvalue weighted by molar-refractivity contribution is -0.118. The molecular formula is C21H18N4O4S. The summed E-state index contributed by atoms with van der Waals surface area (Å²) in [5.41, 5.74) is 2.65. The van der Waals surface area contributed by atoms with Gasteiger partial charge < -0.3 is 14.2 Å². The second kappa shape index (κ2) is 7.49. The molecule has 2 aromatic carbocycles. The molecule has 0 radical (unpaired) electrons. The molecule has 9 heteroatoms. The Bertz CT molecular complexity index is 1140. The number of benzene rings is 2. The van der Waals surface area contributed by atoms with Crippen LogP contribution < -0.4 is 19.1 Å². The first-order chi connectivity index (χ1) is 14.7. The van der Waals surface area contributed by atoms with Gasteiger partial charge in [0.2, 0.25) is 30.0 Å². The van der Waals surface area contributed by atoms with E-state index in [9.17, 15) is 4.79 Å². The topological polar surface area (TPSA) is 86.7 Å². The van der Waals surface area contributed by atoms with Crippen molar-refractivity contribution in [3.8, 4) is 28.6 Å². The van der Waals surface area contributed by atoms with Crippen LogP contribution in [-0.2, 0) is 4.79 Å². The van der Waals surface area contributed by atoms with Crippen molar-refractivity contribution in [1.29, 1.82) is 0 Å². The third-order valence-electron chi connectivity index (χ3n) is 4.81. The zero-order valence-corrected chi connectivity index (χ0v) is 17.2. The molecule has 5 rings (SSSR count). The van der Waals surface area contributed by atoms with Gasteiger partial charge in [0.1, 0.15) is 0 Å². The molecule has 0 bridgehead atoms. The van der Waals surface area contributed by atoms with Gasteiger partial charge in [-0.2, -0.15) is 4.98 Å². The average molecular weight is 422 g/mol. The zero-order valence-electron chi connectivity index (χ0n) is 16.4. The van der Waals surface area contributed by atoms with Gasteiger partial charge in [-0.15, -0.1) is 10.2 Å². The summed E-state index contributed by atoms with van der Waals surface area (Å²) in [6, 6.07) is 13.0. The maximum absolute atomic E-state index is 12.8. The number of carbonyl (C=O) groups is 1. The van der Waals surface area contributed by atoms with E-state index >= 15 is 0 Å². The fraction of sp³-hybridized carbons (Fsp3) is 0.238. The Labute approximate surface area is 177 Å². The van der Waals surface area contributed by atoms with Crippen LogP contribution in [0.1, 0.15) is 25.6 Å². The normalized spacial score (nSPS) is 16.3. The molecule has 1 amide bonds.